The van der Waals surface area contributed by atoms with Crippen molar-refractivity contribution in [1.82, 2.24) is 5.32 Å². The van der Waals surface area contributed by atoms with E-state index in [1.165, 1.54) is 49.9 Å². The first-order valence-corrected chi connectivity index (χ1v) is 13.6. The molecule has 1 aliphatic heterocycles. The fraction of sp³-hybridized carbons (Fsp3) is 0.533. The number of fused-ring (bicyclic) bond motifs is 1. The van der Waals surface area contributed by atoms with Gasteiger partial charge in [-0.1, -0.05) is 6.07 Å². The van der Waals surface area contributed by atoms with Crippen molar-refractivity contribution in [3.63, 3.8) is 0 Å². The van der Waals surface area contributed by atoms with E-state index in [0.717, 1.165) is 18.3 Å². The maximum Gasteiger partial charge on any atom is 0.220 e. The Hall–Kier alpha value is -2.93. The molecule has 196 valence electrons. The zero-order chi connectivity index (χ0) is 25.6. The van der Waals surface area contributed by atoms with Gasteiger partial charge < -0.3 is 19.9 Å². The van der Waals surface area contributed by atoms with E-state index in [0.29, 0.717) is 53.6 Å². The van der Waals surface area contributed by atoms with E-state index in [2.05, 4.69) is 5.32 Å². The molecular weight excluding hydrogens is 473 g/mol. The van der Waals surface area contributed by atoms with E-state index in [4.69, 9.17) is 9.47 Å². The normalized spacial score (nSPS) is 28.3. The van der Waals surface area contributed by atoms with Gasteiger partial charge in [-0.25, -0.2) is 4.39 Å². The van der Waals surface area contributed by atoms with Crippen LogP contribution in [0.25, 0.3) is 0 Å². The predicted octanol–water partition coefficient (Wildman–Crippen LogP) is 4.99. The van der Waals surface area contributed by atoms with Crippen LogP contribution in [0, 0.1) is 29.0 Å². The molecule has 0 saturated heterocycles. The summed E-state index contributed by atoms with van der Waals surface area (Å²) in [5, 5.41) is 14.5. The third-order valence-corrected chi connectivity index (χ3v) is 9.39. The molecule has 6 nitrogen and oxygen atoms in total. The zero-order valence-corrected chi connectivity index (χ0v) is 21.0. The van der Waals surface area contributed by atoms with E-state index in [9.17, 15) is 19.1 Å². The fourth-order valence-electron chi connectivity index (χ4n) is 7.42. The molecule has 6 atom stereocenters. The number of ether oxygens (including phenoxy) is 2. The van der Waals surface area contributed by atoms with E-state index in [-0.39, 0.29) is 30.3 Å². The second-order valence-electron chi connectivity index (χ2n) is 11.2. The number of Topliss-reactive ketones (excluding diaryl/α,β-unsaturated/α-hetero) is 1. The Kier molecular flexibility index (Phi) is 6.43. The van der Waals surface area contributed by atoms with Crippen molar-refractivity contribution in [2.75, 3.05) is 13.2 Å². The maximum atomic E-state index is 13.1. The fourth-order valence-corrected chi connectivity index (χ4v) is 7.42. The number of nitrogens with one attached hydrogen (secondary N) is 1. The third-order valence-electron chi connectivity index (χ3n) is 9.39. The lowest BCUT2D eigenvalue weighted by atomic mass is 9.69. The van der Waals surface area contributed by atoms with Gasteiger partial charge in [0.1, 0.15) is 19.0 Å². The molecule has 0 radical (unpaired) electrons. The van der Waals surface area contributed by atoms with Crippen LogP contribution in [0.3, 0.4) is 0 Å². The van der Waals surface area contributed by atoms with Gasteiger partial charge in [0.05, 0.1) is 12.1 Å². The lowest BCUT2D eigenvalue weighted by Crippen LogP contribution is -2.41. The molecule has 37 heavy (non-hydrogen) atoms. The molecule has 3 aliphatic carbocycles. The van der Waals surface area contributed by atoms with E-state index in [1.54, 1.807) is 0 Å². The van der Waals surface area contributed by atoms with Crippen molar-refractivity contribution >= 4 is 11.7 Å². The first kappa shape index (κ1) is 24.4. The standard InChI is InChI=1S/C30H34FNO5/c31-21-8-4-18(5-9-21)25(33)2-1-3-28(34)32-24(17-23-22-10-7-20-12-13-30(20,22)23)29(35)19-6-11-26-27(16-19)37-15-14-36-26/h4-6,8-9,11,16,20,22-24,29,35H,1-3,7,10,12-15,17H2,(H,32,34)/t20?,22?,23?,24-,29-,30?/m1/s1. The van der Waals surface area contributed by atoms with Crippen molar-refractivity contribution in [1.29, 1.82) is 0 Å². The summed E-state index contributed by atoms with van der Waals surface area (Å²) in [6, 6.07) is 10.5. The minimum atomic E-state index is -0.864. The summed E-state index contributed by atoms with van der Waals surface area (Å²) < 4.78 is 24.5. The van der Waals surface area contributed by atoms with Crippen LogP contribution in [0.4, 0.5) is 4.39 Å². The molecule has 2 aromatic rings. The maximum absolute atomic E-state index is 13.1. The van der Waals surface area contributed by atoms with Crippen LogP contribution in [-0.4, -0.2) is 36.1 Å². The van der Waals surface area contributed by atoms with Gasteiger partial charge in [-0.2, -0.15) is 0 Å². The highest BCUT2D eigenvalue weighted by Gasteiger charge is 2.74. The Labute approximate surface area is 216 Å². The number of aliphatic hydroxyl groups excluding tert-OH is 1. The molecule has 4 aliphatic rings. The summed E-state index contributed by atoms with van der Waals surface area (Å²) in [7, 11) is 0. The number of rotatable bonds is 10. The molecule has 0 aromatic heterocycles. The minimum absolute atomic E-state index is 0.110. The molecule has 0 bridgehead atoms. The summed E-state index contributed by atoms with van der Waals surface area (Å²) in [4.78, 5) is 25.4. The number of hydrogen-bond acceptors (Lipinski definition) is 5. The van der Waals surface area contributed by atoms with Crippen LogP contribution in [0.1, 0.15) is 73.4 Å². The lowest BCUT2D eigenvalue weighted by molar-refractivity contribution is -0.123. The van der Waals surface area contributed by atoms with Gasteiger partial charge in [0.25, 0.3) is 0 Å². The summed E-state index contributed by atoms with van der Waals surface area (Å²) in [6.07, 6.45) is 5.88. The number of amides is 1. The quantitative estimate of drug-likeness (QED) is 0.443. The average Bonchev–Trinajstić information content (AvgIpc) is 3.47. The molecule has 6 rings (SSSR count). The average molecular weight is 508 g/mol. The number of aliphatic hydroxyl groups is 1. The molecule has 3 fully saturated rings. The highest BCUT2D eigenvalue weighted by atomic mass is 19.1. The summed E-state index contributed by atoms with van der Waals surface area (Å²) in [5.41, 5.74) is 1.61. The Morgan fingerprint density at radius 1 is 1.03 bits per heavy atom. The number of hydrogen-bond donors (Lipinski definition) is 2. The van der Waals surface area contributed by atoms with Gasteiger partial charge in [-0.05, 0) is 104 Å². The number of carbonyl (C=O) groups is 2. The molecule has 1 spiro atoms. The summed E-state index contributed by atoms with van der Waals surface area (Å²) in [6.45, 7) is 0.973. The number of carbonyl (C=O) groups excluding carboxylic acids is 2. The van der Waals surface area contributed by atoms with Gasteiger partial charge in [0.2, 0.25) is 5.91 Å². The van der Waals surface area contributed by atoms with Crippen LogP contribution in [0.2, 0.25) is 0 Å². The van der Waals surface area contributed by atoms with Crippen molar-refractivity contribution in [3.8, 4) is 11.5 Å². The van der Waals surface area contributed by atoms with E-state index < -0.39 is 12.1 Å². The topological polar surface area (TPSA) is 84.9 Å². The molecule has 7 heteroatoms. The van der Waals surface area contributed by atoms with Crippen molar-refractivity contribution in [2.45, 2.75) is 63.5 Å². The number of benzene rings is 2. The monoisotopic (exact) mass is 507 g/mol. The molecule has 1 heterocycles. The minimum Gasteiger partial charge on any atom is -0.486 e. The highest BCUT2D eigenvalue weighted by molar-refractivity contribution is 5.96. The zero-order valence-electron chi connectivity index (χ0n) is 21.0. The summed E-state index contributed by atoms with van der Waals surface area (Å²) in [5.74, 6) is 2.73. The van der Waals surface area contributed by atoms with Crippen LogP contribution in [-0.2, 0) is 4.79 Å². The van der Waals surface area contributed by atoms with Crippen molar-refractivity contribution in [3.05, 3.63) is 59.4 Å². The molecule has 2 aromatic carbocycles. The highest BCUT2D eigenvalue weighted by Crippen LogP contribution is 2.80. The van der Waals surface area contributed by atoms with Gasteiger partial charge in [0.15, 0.2) is 17.3 Å². The SMILES string of the molecule is O=C(CCCC(=O)c1ccc(F)cc1)N[C@H](CC1C2CCC3CCC321)[C@H](O)c1ccc2c(c1)OCCO2. The smallest absolute Gasteiger partial charge is 0.220 e. The van der Waals surface area contributed by atoms with Crippen LogP contribution >= 0.6 is 0 Å². The Morgan fingerprint density at radius 3 is 2.54 bits per heavy atom. The molecule has 1 amide bonds. The lowest BCUT2D eigenvalue weighted by Gasteiger charge is -2.37. The van der Waals surface area contributed by atoms with Crippen LogP contribution < -0.4 is 14.8 Å². The number of halogens is 1. The second-order valence-corrected chi connectivity index (χ2v) is 11.2. The van der Waals surface area contributed by atoms with Gasteiger partial charge in [-0.3, -0.25) is 9.59 Å². The van der Waals surface area contributed by atoms with Crippen LogP contribution in [0.15, 0.2) is 42.5 Å². The van der Waals surface area contributed by atoms with Crippen molar-refractivity contribution < 1.29 is 28.6 Å². The van der Waals surface area contributed by atoms with E-state index in [1.807, 2.05) is 18.2 Å². The molecule has 2 N–H and O–H groups in total. The summed E-state index contributed by atoms with van der Waals surface area (Å²) >= 11 is 0. The van der Waals surface area contributed by atoms with Gasteiger partial charge in [-0.15, -0.1) is 0 Å². The van der Waals surface area contributed by atoms with Crippen LogP contribution in [0.5, 0.6) is 11.5 Å². The number of ketones is 1. The molecule has 4 unspecified atom stereocenters. The molecule has 3 saturated carbocycles. The largest absolute Gasteiger partial charge is 0.486 e. The third kappa shape index (κ3) is 4.52. The van der Waals surface area contributed by atoms with Gasteiger partial charge >= 0.3 is 0 Å². The van der Waals surface area contributed by atoms with E-state index >= 15 is 0 Å². The van der Waals surface area contributed by atoms with Crippen molar-refractivity contribution in [2.24, 2.45) is 23.2 Å². The Bertz CT molecular complexity index is 1180. The second kappa shape index (κ2) is 9.75. The first-order valence-electron chi connectivity index (χ1n) is 13.6. The Morgan fingerprint density at radius 2 is 1.81 bits per heavy atom. The Balaban J connectivity index is 1.10. The molecular formula is C30H34FNO5. The first-order chi connectivity index (χ1) is 18.0. The predicted molar refractivity (Wildman–Crippen MR) is 135 cm³/mol. The van der Waals surface area contributed by atoms with Gasteiger partial charge in [0, 0.05) is 18.4 Å².